The molecule has 2 rings (SSSR count). The van der Waals surface area contributed by atoms with Gasteiger partial charge in [0, 0.05) is 23.6 Å². The zero-order valence-electron chi connectivity index (χ0n) is 12.2. The van der Waals surface area contributed by atoms with Gasteiger partial charge in [-0.15, -0.1) is 11.3 Å². The number of halogens is 2. The molecule has 0 atom stereocenters. The molecular formula is C14H13Cl2NO4S2. The highest BCUT2D eigenvalue weighted by molar-refractivity contribution is 7.89. The van der Waals surface area contributed by atoms with Gasteiger partial charge in [0.15, 0.2) is 0 Å². The summed E-state index contributed by atoms with van der Waals surface area (Å²) in [6.45, 7) is 0.0504. The van der Waals surface area contributed by atoms with Crippen molar-refractivity contribution >= 4 is 50.5 Å². The van der Waals surface area contributed by atoms with Crippen molar-refractivity contribution < 1.29 is 17.9 Å². The molecule has 5 nitrogen and oxygen atoms in total. The summed E-state index contributed by atoms with van der Waals surface area (Å²) in [5.74, 6) is -0.684. The minimum atomic E-state index is -3.86. The van der Waals surface area contributed by atoms with Crippen LogP contribution in [0.1, 0.15) is 15.2 Å². The number of esters is 1. The number of thiophene rings is 1. The molecule has 0 aliphatic heterocycles. The first kappa shape index (κ1) is 18.2. The smallest absolute Gasteiger partial charge is 0.349 e. The molecule has 1 aromatic carbocycles. The molecule has 0 radical (unpaired) electrons. The Kier molecular flexibility index (Phi) is 5.70. The maximum Gasteiger partial charge on any atom is 0.349 e. The third-order valence-corrected chi connectivity index (χ3v) is 6.55. The Morgan fingerprint density at radius 2 is 2.00 bits per heavy atom. The third kappa shape index (κ3) is 3.87. The van der Waals surface area contributed by atoms with E-state index in [1.165, 1.54) is 25.6 Å². The number of hydrogen-bond donors (Lipinski definition) is 0. The zero-order chi connectivity index (χ0) is 17.2. The van der Waals surface area contributed by atoms with Crippen LogP contribution in [0.25, 0.3) is 0 Å². The third-order valence-electron chi connectivity index (χ3n) is 3.10. The van der Waals surface area contributed by atoms with Gasteiger partial charge in [0.1, 0.15) is 9.77 Å². The first-order chi connectivity index (χ1) is 10.8. The molecule has 0 saturated carbocycles. The SMILES string of the molecule is COC(=O)c1sccc1S(=O)(=O)N(C)Cc1ccc(Cl)cc1Cl. The number of sulfonamides is 1. The highest BCUT2D eigenvalue weighted by Crippen LogP contribution is 2.28. The van der Waals surface area contributed by atoms with Crippen molar-refractivity contribution in [2.24, 2.45) is 0 Å². The van der Waals surface area contributed by atoms with Gasteiger partial charge >= 0.3 is 5.97 Å². The predicted molar refractivity (Wildman–Crippen MR) is 90.8 cm³/mol. The molecule has 9 heteroatoms. The van der Waals surface area contributed by atoms with Crippen LogP contribution in [-0.4, -0.2) is 32.8 Å². The van der Waals surface area contributed by atoms with Crippen molar-refractivity contribution in [3.63, 3.8) is 0 Å². The Balaban J connectivity index is 2.33. The fraction of sp³-hybridized carbons (Fsp3) is 0.214. The van der Waals surface area contributed by atoms with E-state index in [4.69, 9.17) is 23.2 Å². The highest BCUT2D eigenvalue weighted by Gasteiger charge is 2.28. The van der Waals surface area contributed by atoms with Crippen molar-refractivity contribution in [1.82, 2.24) is 4.31 Å². The minimum Gasteiger partial charge on any atom is -0.465 e. The Labute approximate surface area is 148 Å². The van der Waals surface area contributed by atoms with Gasteiger partial charge in [-0.3, -0.25) is 0 Å². The van der Waals surface area contributed by atoms with Gasteiger partial charge in [0.25, 0.3) is 0 Å². The van der Waals surface area contributed by atoms with Crippen LogP contribution in [0.15, 0.2) is 34.5 Å². The van der Waals surface area contributed by atoms with Crippen LogP contribution in [0.2, 0.25) is 10.0 Å². The number of benzene rings is 1. The monoisotopic (exact) mass is 393 g/mol. The quantitative estimate of drug-likeness (QED) is 0.726. The van der Waals surface area contributed by atoms with Crippen molar-refractivity contribution in [3.05, 3.63) is 50.1 Å². The van der Waals surface area contributed by atoms with E-state index in [0.29, 0.717) is 15.6 Å². The fourth-order valence-corrected chi connectivity index (χ4v) is 4.81. The van der Waals surface area contributed by atoms with Crippen LogP contribution in [0.3, 0.4) is 0 Å². The van der Waals surface area contributed by atoms with Gasteiger partial charge in [-0.25, -0.2) is 13.2 Å². The average Bonchev–Trinajstić information content (AvgIpc) is 2.99. The van der Waals surface area contributed by atoms with E-state index < -0.39 is 16.0 Å². The van der Waals surface area contributed by atoms with Crippen molar-refractivity contribution in [1.29, 1.82) is 0 Å². The van der Waals surface area contributed by atoms with E-state index in [-0.39, 0.29) is 16.3 Å². The number of methoxy groups -OCH3 is 1. The second-order valence-electron chi connectivity index (χ2n) is 4.60. The Bertz CT molecular complexity index is 833. The van der Waals surface area contributed by atoms with Crippen molar-refractivity contribution in [3.8, 4) is 0 Å². The molecule has 0 N–H and O–H groups in total. The minimum absolute atomic E-state index is 0.0431. The molecule has 1 aromatic heterocycles. The topological polar surface area (TPSA) is 63.7 Å². The highest BCUT2D eigenvalue weighted by atomic mass is 35.5. The van der Waals surface area contributed by atoms with Gasteiger partial charge in [-0.05, 0) is 29.1 Å². The molecular weight excluding hydrogens is 381 g/mol. The summed E-state index contributed by atoms with van der Waals surface area (Å²) in [6, 6.07) is 6.22. The molecule has 124 valence electrons. The normalized spacial score (nSPS) is 11.7. The largest absolute Gasteiger partial charge is 0.465 e. The van der Waals surface area contributed by atoms with E-state index >= 15 is 0 Å². The number of ether oxygens (including phenoxy) is 1. The van der Waals surface area contributed by atoms with Gasteiger partial charge in [0.2, 0.25) is 10.0 Å². The lowest BCUT2D eigenvalue weighted by molar-refractivity contribution is 0.0602. The van der Waals surface area contributed by atoms with Gasteiger partial charge in [0.05, 0.1) is 7.11 Å². The summed E-state index contributed by atoms with van der Waals surface area (Å²) in [5, 5.41) is 2.37. The van der Waals surface area contributed by atoms with Crippen LogP contribution in [-0.2, 0) is 21.3 Å². The lowest BCUT2D eigenvalue weighted by Crippen LogP contribution is -2.27. The molecule has 0 aliphatic rings. The average molecular weight is 394 g/mol. The summed E-state index contributed by atoms with van der Waals surface area (Å²) in [4.78, 5) is 11.6. The molecule has 0 bridgehead atoms. The molecule has 0 unspecified atom stereocenters. The molecule has 0 fully saturated rings. The van der Waals surface area contributed by atoms with Crippen molar-refractivity contribution in [2.45, 2.75) is 11.4 Å². The molecule has 2 aromatic rings. The molecule has 0 aliphatic carbocycles. The van der Waals surface area contributed by atoms with Crippen molar-refractivity contribution in [2.75, 3.05) is 14.2 Å². The van der Waals surface area contributed by atoms with Gasteiger partial charge < -0.3 is 4.74 Å². The Morgan fingerprint density at radius 3 is 2.61 bits per heavy atom. The maximum absolute atomic E-state index is 12.7. The first-order valence-electron chi connectivity index (χ1n) is 6.33. The second kappa shape index (κ2) is 7.19. The van der Waals surface area contributed by atoms with E-state index in [0.717, 1.165) is 15.6 Å². The Morgan fingerprint density at radius 1 is 1.30 bits per heavy atom. The van der Waals surface area contributed by atoms with E-state index in [9.17, 15) is 13.2 Å². The molecule has 1 heterocycles. The van der Waals surface area contributed by atoms with E-state index in [1.54, 1.807) is 18.2 Å². The first-order valence-corrected chi connectivity index (χ1v) is 9.41. The summed E-state index contributed by atoms with van der Waals surface area (Å²) in [6.07, 6.45) is 0. The van der Waals surface area contributed by atoms with E-state index in [2.05, 4.69) is 4.74 Å². The maximum atomic E-state index is 12.7. The Hall–Kier alpha value is -1.12. The number of nitrogens with zero attached hydrogens (tertiary/aromatic N) is 1. The fourth-order valence-electron chi connectivity index (χ4n) is 1.88. The number of rotatable bonds is 5. The van der Waals surface area contributed by atoms with Crippen LogP contribution in [0.4, 0.5) is 0 Å². The van der Waals surface area contributed by atoms with Crippen LogP contribution < -0.4 is 0 Å². The van der Waals surface area contributed by atoms with Gasteiger partial charge in [-0.2, -0.15) is 4.31 Å². The summed E-state index contributed by atoms with van der Waals surface area (Å²) >= 11 is 12.9. The standard InChI is InChI=1S/C14H13Cl2NO4S2/c1-17(8-9-3-4-10(15)7-11(9)16)23(19,20)12-5-6-22-13(12)14(18)21-2/h3-7H,8H2,1-2H3. The molecule has 23 heavy (non-hydrogen) atoms. The molecule has 0 amide bonds. The number of hydrogen-bond acceptors (Lipinski definition) is 5. The molecule has 0 saturated heterocycles. The summed E-state index contributed by atoms with van der Waals surface area (Å²) in [7, 11) is -1.24. The number of carbonyl (C=O) groups is 1. The second-order valence-corrected chi connectivity index (χ2v) is 8.38. The lowest BCUT2D eigenvalue weighted by Gasteiger charge is -2.18. The van der Waals surface area contributed by atoms with Gasteiger partial charge in [-0.1, -0.05) is 29.3 Å². The molecule has 0 spiro atoms. The number of carbonyl (C=O) groups excluding carboxylic acids is 1. The van der Waals surface area contributed by atoms with Crippen LogP contribution in [0, 0.1) is 0 Å². The lowest BCUT2D eigenvalue weighted by atomic mass is 10.2. The van der Waals surface area contributed by atoms with Crippen LogP contribution in [0.5, 0.6) is 0 Å². The van der Waals surface area contributed by atoms with E-state index in [1.807, 2.05) is 0 Å². The predicted octanol–water partition coefficient (Wildman–Crippen LogP) is 3.66. The zero-order valence-corrected chi connectivity index (χ0v) is 15.4. The summed E-state index contributed by atoms with van der Waals surface area (Å²) < 4.78 is 31.1. The summed E-state index contributed by atoms with van der Waals surface area (Å²) in [5.41, 5.74) is 0.608. The van der Waals surface area contributed by atoms with Crippen LogP contribution >= 0.6 is 34.5 Å².